The van der Waals surface area contributed by atoms with E-state index in [0.29, 0.717) is 5.95 Å². The number of ether oxygens (including phenoxy) is 1. The first-order valence-corrected chi connectivity index (χ1v) is 9.84. The molecule has 0 atom stereocenters. The lowest BCUT2D eigenvalue weighted by molar-refractivity contribution is 0.198. The minimum atomic E-state index is 0.615. The minimum absolute atomic E-state index is 0.615. The Kier molecular flexibility index (Phi) is 6.87. The van der Waals surface area contributed by atoms with Crippen LogP contribution in [0, 0.1) is 12.8 Å². The van der Waals surface area contributed by atoms with Gasteiger partial charge in [0.1, 0.15) is 5.82 Å². The van der Waals surface area contributed by atoms with Gasteiger partial charge in [0.25, 0.3) is 0 Å². The Bertz CT molecular complexity index is 711. The molecule has 1 saturated heterocycles. The normalized spacial score (nSPS) is 15.0. The third-order valence-corrected chi connectivity index (χ3v) is 4.96. The monoisotopic (exact) mass is 369 g/mol. The molecule has 0 radical (unpaired) electrons. The first-order valence-electron chi connectivity index (χ1n) is 9.84. The molecule has 6 nitrogen and oxygen atoms in total. The van der Waals surface area contributed by atoms with E-state index < -0.39 is 0 Å². The van der Waals surface area contributed by atoms with E-state index in [1.165, 1.54) is 18.5 Å². The molecular formula is C21H31N5O. The Hall–Kier alpha value is -2.34. The van der Waals surface area contributed by atoms with E-state index in [-0.39, 0.29) is 0 Å². The highest BCUT2D eigenvalue weighted by molar-refractivity contribution is 5.60. The van der Waals surface area contributed by atoms with Gasteiger partial charge in [0.15, 0.2) is 0 Å². The fourth-order valence-corrected chi connectivity index (χ4v) is 3.30. The summed E-state index contributed by atoms with van der Waals surface area (Å²) < 4.78 is 5.08. The molecule has 27 heavy (non-hydrogen) atoms. The van der Waals surface area contributed by atoms with E-state index >= 15 is 0 Å². The summed E-state index contributed by atoms with van der Waals surface area (Å²) in [5.41, 5.74) is 3.22. The number of benzene rings is 1. The Labute approximate surface area is 162 Å². The Morgan fingerprint density at radius 3 is 2.59 bits per heavy atom. The van der Waals surface area contributed by atoms with Crippen molar-refractivity contribution < 1.29 is 4.74 Å². The van der Waals surface area contributed by atoms with Crippen LogP contribution in [0.1, 0.15) is 31.9 Å². The van der Waals surface area contributed by atoms with Gasteiger partial charge in [0, 0.05) is 56.5 Å². The third-order valence-electron chi connectivity index (χ3n) is 4.96. The van der Waals surface area contributed by atoms with Crippen LogP contribution >= 0.6 is 0 Å². The first kappa shape index (κ1) is 19.4. The minimum Gasteiger partial charge on any atom is -0.385 e. The van der Waals surface area contributed by atoms with E-state index in [2.05, 4.69) is 56.7 Å². The third kappa shape index (κ3) is 5.82. The van der Waals surface area contributed by atoms with Crippen LogP contribution in [-0.2, 0) is 4.74 Å². The Morgan fingerprint density at radius 2 is 1.89 bits per heavy atom. The predicted octanol–water partition coefficient (Wildman–Crippen LogP) is 4.21. The average Bonchev–Trinajstić information content (AvgIpc) is 2.66. The maximum absolute atomic E-state index is 5.08. The zero-order valence-corrected chi connectivity index (χ0v) is 16.7. The van der Waals surface area contributed by atoms with E-state index in [1.54, 1.807) is 7.11 Å². The van der Waals surface area contributed by atoms with Gasteiger partial charge in [-0.3, -0.25) is 0 Å². The lowest BCUT2D eigenvalue weighted by Gasteiger charge is -2.32. The molecular weight excluding hydrogens is 338 g/mol. The van der Waals surface area contributed by atoms with E-state index in [1.807, 2.05) is 13.0 Å². The molecule has 0 amide bonds. The van der Waals surface area contributed by atoms with Crippen molar-refractivity contribution in [3.63, 3.8) is 0 Å². The second-order valence-electron chi connectivity index (χ2n) is 7.33. The summed E-state index contributed by atoms with van der Waals surface area (Å²) in [5, 5.41) is 6.64. The second-order valence-corrected chi connectivity index (χ2v) is 7.33. The number of hydrogen-bond donors (Lipinski definition) is 2. The molecule has 3 rings (SSSR count). The summed E-state index contributed by atoms with van der Waals surface area (Å²) in [6.45, 7) is 8.18. The van der Waals surface area contributed by atoms with Crippen LogP contribution in [0.2, 0.25) is 0 Å². The summed E-state index contributed by atoms with van der Waals surface area (Å²) in [6.07, 6.45) is 3.49. The number of nitrogens with zero attached hydrogens (tertiary/aromatic N) is 3. The van der Waals surface area contributed by atoms with Gasteiger partial charge in [0.05, 0.1) is 0 Å². The summed E-state index contributed by atoms with van der Waals surface area (Å²) in [4.78, 5) is 11.5. The molecule has 1 aromatic carbocycles. The smallest absolute Gasteiger partial charge is 0.229 e. The van der Waals surface area contributed by atoms with Gasteiger partial charge in [-0.25, -0.2) is 4.98 Å². The molecule has 0 bridgehead atoms. The highest BCUT2D eigenvalue weighted by atomic mass is 16.5. The molecule has 0 saturated carbocycles. The highest BCUT2D eigenvalue weighted by Crippen LogP contribution is 2.25. The number of rotatable bonds is 8. The summed E-state index contributed by atoms with van der Waals surface area (Å²) in [7, 11) is 1.72. The number of anilines is 4. The molecule has 2 aromatic rings. The van der Waals surface area contributed by atoms with Crippen LogP contribution in [0.3, 0.4) is 0 Å². The summed E-state index contributed by atoms with van der Waals surface area (Å²) in [6, 6.07) is 10.5. The number of hydrogen-bond acceptors (Lipinski definition) is 6. The zero-order valence-electron chi connectivity index (χ0n) is 16.7. The van der Waals surface area contributed by atoms with Gasteiger partial charge in [-0.2, -0.15) is 4.98 Å². The molecule has 0 aliphatic carbocycles. The SMILES string of the molecule is COCCCNc1cc(C)nc(Nc2ccc(N3CCC(C)CC3)cc2)n1. The van der Waals surface area contributed by atoms with Crippen molar-refractivity contribution in [3.8, 4) is 0 Å². The highest BCUT2D eigenvalue weighted by Gasteiger charge is 2.15. The van der Waals surface area contributed by atoms with E-state index in [9.17, 15) is 0 Å². The van der Waals surface area contributed by atoms with Gasteiger partial charge in [-0.15, -0.1) is 0 Å². The molecule has 1 aromatic heterocycles. The standard InChI is InChI=1S/C21H31N5O/c1-16-9-12-26(13-10-16)19-7-5-18(6-8-19)24-21-23-17(2)15-20(25-21)22-11-4-14-27-3/h5-8,15-16H,4,9-14H2,1-3H3,(H2,22,23,24,25). The fourth-order valence-electron chi connectivity index (χ4n) is 3.30. The number of aryl methyl sites for hydroxylation is 1. The van der Waals surface area contributed by atoms with Crippen molar-refractivity contribution in [2.75, 3.05) is 48.9 Å². The second kappa shape index (κ2) is 9.55. The molecule has 0 spiro atoms. The molecule has 2 heterocycles. The molecule has 2 N–H and O–H groups in total. The van der Waals surface area contributed by atoms with Crippen molar-refractivity contribution >= 4 is 23.1 Å². The molecule has 146 valence electrons. The lowest BCUT2D eigenvalue weighted by atomic mass is 9.99. The fraction of sp³-hybridized carbons (Fsp3) is 0.524. The molecule has 1 aliphatic heterocycles. The molecule has 0 unspecified atom stereocenters. The van der Waals surface area contributed by atoms with Gasteiger partial charge >= 0.3 is 0 Å². The van der Waals surface area contributed by atoms with Crippen molar-refractivity contribution in [3.05, 3.63) is 36.0 Å². The van der Waals surface area contributed by atoms with Crippen LogP contribution in [0.15, 0.2) is 30.3 Å². The van der Waals surface area contributed by atoms with Crippen LogP contribution in [-0.4, -0.2) is 43.3 Å². The van der Waals surface area contributed by atoms with Crippen LogP contribution in [0.4, 0.5) is 23.1 Å². The van der Waals surface area contributed by atoms with Crippen molar-refractivity contribution in [1.29, 1.82) is 0 Å². The maximum atomic E-state index is 5.08. The van der Waals surface area contributed by atoms with Gasteiger partial charge in [0.2, 0.25) is 5.95 Å². The Balaban J connectivity index is 1.60. The summed E-state index contributed by atoms with van der Waals surface area (Å²) in [5.74, 6) is 2.29. The van der Waals surface area contributed by atoms with Gasteiger partial charge in [-0.1, -0.05) is 6.92 Å². The van der Waals surface area contributed by atoms with Crippen LogP contribution in [0.25, 0.3) is 0 Å². The van der Waals surface area contributed by atoms with Crippen molar-refractivity contribution in [2.24, 2.45) is 5.92 Å². The largest absolute Gasteiger partial charge is 0.385 e. The lowest BCUT2D eigenvalue weighted by Crippen LogP contribution is -2.32. The number of piperidine rings is 1. The maximum Gasteiger partial charge on any atom is 0.229 e. The van der Waals surface area contributed by atoms with Crippen LogP contribution < -0.4 is 15.5 Å². The molecule has 1 aliphatic rings. The van der Waals surface area contributed by atoms with Gasteiger partial charge < -0.3 is 20.3 Å². The summed E-state index contributed by atoms with van der Waals surface area (Å²) >= 11 is 0. The van der Waals surface area contributed by atoms with E-state index in [0.717, 1.165) is 55.8 Å². The number of nitrogens with one attached hydrogen (secondary N) is 2. The Morgan fingerprint density at radius 1 is 1.15 bits per heavy atom. The molecule has 6 heteroatoms. The van der Waals surface area contributed by atoms with Crippen LogP contribution in [0.5, 0.6) is 0 Å². The topological polar surface area (TPSA) is 62.3 Å². The zero-order chi connectivity index (χ0) is 19.1. The van der Waals surface area contributed by atoms with Crippen molar-refractivity contribution in [1.82, 2.24) is 9.97 Å². The van der Waals surface area contributed by atoms with Crippen molar-refractivity contribution in [2.45, 2.75) is 33.1 Å². The first-order chi connectivity index (χ1) is 13.1. The van der Waals surface area contributed by atoms with Gasteiger partial charge in [-0.05, 0) is 56.4 Å². The quantitative estimate of drug-likeness (QED) is 0.680. The predicted molar refractivity (Wildman–Crippen MR) is 112 cm³/mol. The number of methoxy groups -OCH3 is 1. The molecule has 1 fully saturated rings. The van der Waals surface area contributed by atoms with E-state index in [4.69, 9.17) is 4.74 Å². The number of aromatic nitrogens is 2. The average molecular weight is 370 g/mol.